The number of nitrogens with zero attached hydrogens (tertiary/aromatic N) is 1. The van der Waals surface area contributed by atoms with Crippen molar-refractivity contribution in [1.29, 1.82) is 0 Å². The van der Waals surface area contributed by atoms with Gasteiger partial charge in [0.25, 0.3) is 0 Å². The van der Waals surface area contributed by atoms with Crippen LogP contribution in [-0.4, -0.2) is 30.7 Å². The van der Waals surface area contributed by atoms with Gasteiger partial charge in [0.2, 0.25) is 0 Å². The molecule has 0 amide bonds. The zero-order valence-corrected chi connectivity index (χ0v) is 14.2. The van der Waals surface area contributed by atoms with Crippen LogP contribution in [0.3, 0.4) is 0 Å². The Morgan fingerprint density at radius 3 is 2.40 bits per heavy atom. The number of aliphatic imine (C=N–C) groups is 1. The summed E-state index contributed by atoms with van der Waals surface area (Å²) in [6.07, 6.45) is -0.518. The van der Waals surface area contributed by atoms with E-state index in [1.54, 1.807) is 30.3 Å². The number of nitrogens with one attached hydrogen (secondary N) is 2. The highest BCUT2D eigenvalue weighted by Gasteiger charge is 2.12. The minimum atomic E-state index is -1.02. The highest BCUT2D eigenvalue weighted by Crippen LogP contribution is 2.16. The van der Waals surface area contributed by atoms with Crippen molar-refractivity contribution in [3.05, 3.63) is 71.3 Å². The third-order valence-corrected chi connectivity index (χ3v) is 3.68. The van der Waals surface area contributed by atoms with Crippen molar-refractivity contribution in [3.8, 4) is 0 Å². The van der Waals surface area contributed by atoms with E-state index in [2.05, 4.69) is 15.6 Å². The van der Waals surface area contributed by atoms with Gasteiger partial charge in [-0.2, -0.15) is 0 Å². The summed E-state index contributed by atoms with van der Waals surface area (Å²) < 4.78 is 27.3. The third-order valence-electron chi connectivity index (χ3n) is 3.68. The van der Waals surface area contributed by atoms with E-state index in [1.807, 2.05) is 6.92 Å². The molecule has 0 heterocycles. The standard InChI is InChI=1S/C19H23F2N3O/c1-2-22-19(23-12-11-14-7-3-5-9-16(14)20)24-13-18(25)15-8-4-6-10-17(15)21/h3-10,18,25H,2,11-13H2,1H3,(H2,22,23,24). The molecule has 0 aliphatic carbocycles. The van der Waals surface area contributed by atoms with E-state index >= 15 is 0 Å². The molecule has 0 aliphatic rings. The van der Waals surface area contributed by atoms with Gasteiger partial charge < -0.3 is 15.7 Å². The van der Waals surface area contributed by atoms with Crippen molar-refractivity contribution in [2.45, 2.75) is 19.4 Å². The van der Waals surface area contributed by atoms with Gasteiger partial charge in [0.15, 0.2) is 5.96 Å². The second kappa shape index (κ2) is 9.74. The van der Waals surface area contributed by atoms with Crippen LogP contribution in [-0.2, 0) is 6.42 Å². The quantitative estimate of drug-likeness (QED) is 0.533. The highest BCUT2D eigenvalue weighted by atomic mass is 19.1. The zero-order chi connectivity index (χ0) is 18.1. The normalized spacial score (nSPS) is 12.7. The fraction of sp³-hybridized carbons (Fsp3) is 0.316. The number of guanidine groups is 1. The maximum absolute atomic E-state index is 13.7. The Labute approximate surface area is 146 Å². The molecule has 0 saturated carbocycles. The number of halogens is 2. The number of hydrogen-bond donors (Lipinski definition) is 3. The Bertz CT molecular complexity index is 707. The monoisotopic (exact) mass is 347 g/mol. The summed E-state index contributed by atoms with van der Waals surface area (Å²) in [5.74, 6) is -0.196. The van der Waals surface area contributed by atoms with Crippen LogP contribution in [0.4, 0.5) is 8.78 Å². The lowest BCUT2D eigenvalue weighted by Gasteiger charge is -2.14. The van der Waals surface area contributed by atoms with Crippen molar-refractivity contribution < 1.29 is 13.9 Å². The van der Waals surface area contributed by atoms with E-state index in [0.717, 1.165) is 0 Å². The molecule has 2 aromatic rings. The summed E-state index contributed by atoms with van der Waals surface area (Å²) in [7, 11) is 0. The Kier molecular flexibility index (Phi) is 7.35. The van der Waals surface area contributed by atoms with Crippen molar-refractivity contribution >= 4 is 5.96 Å². The first-order valence-electron chi connectivity index (χ1n) is 8.30. The molecule has 0 saturated heterocycles. The first kappa shape index (κ1) is 18.9. The van der Waals surface area contributed by atoms with Crippen LogP contribution < -0.4 is 10.6 Å². The average Bonchev–Trinajstić information content (AvgIpc) is 2.61. The Hall–Kier alpha value is -2.47. The summed E-state index contributed by atoms with van der Waals surface area (Å²) >= 11 is 0. The number of aliphatic hydroxyl groups excluding tert-OH is 1. The van der Waals surface area contributed by atoms with Crippen LogP contribution in [0.25, 0.3) is 0 Å². The Morgan fingerprint density at radius 2 is 1.72 bits per heavy atom. The number of hydrogen-bond acceptors (Lipinski definition) is 2. The first-order valence-corrected chi connectivity index (χ1v) is 8.30. The molecule has 1 atom stereocenters. The minimum absolute atomic E-state index is 0.0238. The van der Waals surface area contributed by atoms with Gasteiger partial charge in [0, 0.05) is 18.7 Å². The molecular weight excluding hydrogens is 324 g/mol. The first-order chi connectivity index (χ1) is 12.1. The number of benzene rings is 2. The summed E-state index contributed by atoms with van der Waals surface area (Å²) in [6.45, 7) is 3.07. The maximum atomic E-state index is 13.7. The van der Waals surface area contributed by atoms with Gasteiger partial charge in [-0.25, -0.2) is 8.78 Å². The highest BCUT2D eigenvalue weighted by molar-refractivity contribution is 5.79. The molecule has 0 aliphatic heterocycles. The lowest BCUT2D eigenvalue weighted by atomic mass is 10.1. The molecule has 0 radical (unpaired) electrons. The Morgan fingerprint density at radius 1 is 1.04 bits per heavy atom. The summed E-state index contributed by atoms with van der Waals surface area (Å²) in [4.78, 5) is 4.27. The predicted octanol–water partition coefficient (Wildman–Crippen LogP) is 2.80. The van der Waals surface area contributed by atoms with Crippen molar-refractivity contribution in [3.63, 3.8) is 0 Å². The van der Waals surface area contributed by atoms with Crippen LogP contribution in [0.15, 0.2) is 53.5 Å². The predicted molar refractivity (Wildman–Crippen MR) is 95.4 cm³/mol. The van der Waals surface area contributed by atoms with Crippen LogP contribution >= 0.6 is 0 Å². The van der Waals surface area contributed by atoms with E-state index in [9.17, 15) is 13.9 Å². The van der Waals surface area contributed by atoms with Gasteiger partial charge in [0.05, 0.1) is 6.54 Å². The molecule has 1 unspecified atom stereocenters. The van der Waals surface area contributed by atoms with Gasteiger partial charge in [-0.1, -0.05) is 36.4 Å². The van der Waals surface area contributed by atoms with Gasteiger partial charge in [-0.3, -0.25) is 4.99 Å². The molecule has 0 bridgehead atoms. The topological polar surface area (TPSA) is 56.7 Å². The molecule has 134 valence electrons. The summed E-state index contributed by atoms with van der Waals surface area (Å²) in [5, 5.41) is 16.2. The second-order valence-corrected chi connectivity index (χ2v) is 5.53. The van der Waals surface area contributed by atoms with E-state index in [1.165, 1.54) is 18.2 Å². The van der Waals surface area contributed by atoms with E-state index < -0.39 is 11.9 Å². The Balaban J connectivity index is 1.92. The zero-order valence-electron chi connectivity index (χ0n) is 14.2. The molecule has 4 nitrogen and oxygen atoms in total. The van der Waals surface area contributed by atoms with Crippen LogP contribution in [0.1, 0.15) is 24.2 Å². The summed E-state index contributed by atoms with van der Waals surface area (Å²) in [5.41, 5.74) is 0.839. The van der Waals surface area contributed by atoms with Crippen molar-refractivity contribution in [1.82, 2.24) is 10.6 Å². The molecule has 0 spiro atoms. The van der Waals surface area contributed by atoms with E-state index in [-0.39, 0.29) is 17.9 Å². The third kappa shape index (κ3) is 5.83. The van der Waals surface area contributed by atoms with Gasteiger partial charge >= 0.3 is 0 Å². The largest absolute Gasteiger partial charge is 0.386 e. The number of aliphatic hydroxyl groups is 1. The van der Waals surface area contributed by atoms with Gasteiger partial charge in [0.1, 0.15) is 17.7 Å². The van der Waals surface area contributed by atoms with Crippen LogP contribution in [0.2, 0.25) is 0 Å². The van der Waals surface area contributed by atoms with Crippen molar-refractivity contribution in [2.24, 2.45) is 4.99 Å². The molecule has 3 N–H and O–H groups in total. The van der Waals surface area contributed by atoms with Crippen molar-refractivity contribution in [2.75, 3.05) is 19.6 Å². The molecule has 2 rings (SSSR count). The lowest BCUT2D eigenvalue weighted by molar-refractivity contribution is 0.182. The van der Waals surface area contributed by atoms with E-state index in [4.69, 9.17) is 0 Å². The molecule has 2 aromatic carbocycles. The smallest absolute Gasteiger partial charge is 0.191 e. The lowest BCUT2D eigenvalue weighted by Crippen LogP contribution is -2.38. The fourth-order valence-electron chi connectivity index (χ4n) is 2.38. The van der Waals surface area contributed by atoms with Crippen LogP contribution in [0.5, 0.6) is 0 Å². The molecular formula is C19H23F2N3O. The van der Waals surface area contributed by atoms with Gasteiger partial charge in [-0.05, 0) is 31.0 Å². The average molecular weight is 347 g/mol. The fourth-order valence-corrected chi connectivity index (χ4v) is 2.38. The SMILES string of the molecule is CCNC(=NCC(O)c1ccccc1F)NCCc1ccccc1F. The second-order valence-electron chi connectivity index (χ2n) is 5.53. The summed E-state index contributed by atoms with van der Waals surface area (Å²) in [6, 6.07) is 12.7. The molecule has 0 fully saturated rings. The maximum Gasteiger partial charge on any atom is 0.191 e. The number of rotatable bonds is 7. The molecule has 0 aromatic heterocycles. The molecule has 6 heteroatoms. The van der Waals surface area contributed by atoms with Gasteiger partial charge in [-0.15, -0.1) is 0 Å². The van der Waals surface area contributed by atoms with E-state index in [0.29, 0.717) is 31.0 Å². The molecule has 25 heavy (non-hydrogen) atoms. The van der Waals surface area contributed by atoms with Crippen LogP contribution in [0, 0.1) is 11.6 Å². The minimum Gasteiger partial charge on any atom is -0.386 e.